The maximum absolute atomic E-state index is 12.1. The lowest BCUT2D eigenvalue weighted by atomic mass is 10.1. The van der Waals surface area contributed by atoms with E-state index in [1.165, 1.54) is 12.1 Å². The van der Waals surface area contributed by atoms with Gasteiger partial charge in [0.2, 0.25) is 10.0 Å². The van der Waals surface area contributed by atoms with Gasteiger partial charge in [-0.1, -0.05) is 18.2 Å². The Morgan fingerprint density at radius 1 is 1.15 bits per heavy atom. The molecule has 0 saturated carbocycles. The quantitative estimate of drug-likeness (QED) is 0.612. The molecule has 7 nitrogen and oxygen atoms in total. The number of sulfonamides is 1. The van der Waals surface area contributed by atoms with Crippen LogP contribution in [0.25, 0.3) is 0 Å². The molecule has 0 saturated heterocycles. The summed E-state index contributed by atoms with van der Waals surface area (Å²) in [5, 5.41) is 2.63. The van der Waals surface area contributed by atoms with Crippen LogP contribution in [0.4, 0.5) is 5.69 Å². The molecule has 148 valence electrons. The van der Waals surface area contributed by atoms with Gasteiger partial charge in [0.05, 0.1) is 4.90 Å². The van der Waals surface area contributed by atoms with E-state index in [0.29, 0.717) is 11.4 Å². The van der Waals surface area contributed by atoms with Gasteiger partial charge in [0.25, 0.3) is 5.91 Å². The molecule has 27 heavy (non-hydrogen) atoms. The predicted octanol–water partition coefficient (Wildman–Crippen LogP) is 1.98. The highest BCUT2D eigenvalue weighted by atomic mass is 35.5. The summed E-state index contributed by atoms with van der Waals surface area (Å²) in [7, 11) is -3.66. The van der Waals surface area contributed by atoms with Crippen molar-refractivity contribution < 1.29 is 17.9 Å². The Morgan fingerprint density at radius 3 is 2.59 bits per heavy atom. The van der Waals surface area contributed by atoms with E-state index in [0.717, 1.165) is 11.1 Å². The van der Waals surface area contributed by atoms with E-state index in [1.807, 2.05) is 32.0 Å². The summed E-state index contributed by atoms with van der Waals surface area (Å²) in [6.45, 7) is 4.01. The second kappa shape index (κ2) is 10.3. The normalized spacial score (nSPS) is 10.8. The average molecular weight is 414 g/mol. The van der Waals surface area contributed by atoms with Crippen LogP contribution in [0.15, 0.2) is 47.4 Å². The molecule has 0 unspecified atom stereocenters. The van der Waals surface area contributed by atoms with Crippen molar-refractivity contribution in [3.8, 4) is 5.75 Å². The van der Waals surface area contributed by atoms with Gasteiger partial charge < -0.3 is 15.8 Å². The number of ether oxygens (including phenoxy) is 1. The number of amides is 1. The van der Waals surface area contributed by atoms with E-state index in [-0.39, 0.29) is 42.9 Å². The molecule has 0 heterocycles. The molecule has 0 aliphatic rings. The number of hydrogen-bond acceptors (Lipinski definition) is 5. The Kier molecular flexibility index (Phi) is 8.71. The molecule has 0 atom stereocenters. The molecule has 9 heteroatoms. The minimum Gasteiger partial charge on any atom is -0.483 e. The number of aryl methyl sites for hydroxylation is 2. The molecule has 1 amide bonds. The van der Waals surface area contributed by atoms with Gasteiger partial charge in [-0.25, -0.2) is 13.1 Å². The van der Waals surface area contributed by atoms with Gasteiger partial charge in [-0.3, -0.25) is 4.79 Å². The van der Waals surface area contributed by atoms with Crippen LogP contribution >= 0.6 is 12.4 Å². The summed E-state index contributed by atoms with van der Waals surface area (Å²) < 4.78 is 32.1. The third kappa shape index (κ3) is 6.84. The second-order valence-electron chi connectivity index (χ2n) is 5.82. The van der Waals surface area contributed by atoms with Crippen molar-refractivity contribution in [2.75, 3.05) is 25.0 Å². The number of nitrogens with two attached hydrogens (primary N) is 1. The maximum Gasteiger partial charge on any atom is 0.262 e. The van der Waals surface area contributed by atoms with E-state index >= 15 is 0 Å². The monoisotopic (exact) mass is 413 g/mol. The van der Waals surface area contributed by atoms with Crippen molar-refractivity contribution in [1.82, 2.24) is 4.72 Å². The molecule has 0 aliphatic carbocycles. The molecule has 2 rings (SSSR count). The summed E-state index contributed by atoms with van der Waals surface area (Å²) in [6, 6.07) is 11.7. The van der Waals surface area contributed by atoms with Crippen LogP contribution < -0.4 is 20.5 Å². The summed E-state index contributed by atoms with van der Waals surface area (Å²) in [5.41, 5.74) is 7.65. The minimum atomic E-state index is -3.66. The molecule has 0 spiro atoms. The van der Waals surface area contributed by atoms with Gasteiger partial charge in [0.1, 0.15) is 5.75 Å². The molecule has 2 aromatic carbocycles. The Labute approximate surface area is 165 Å². The smallest absolute Gasteiger partial charge is 0.262 e. The zero-order valence-electron chi connectivity index (χ0n) is 15.2. The predicted molar refractivity (Wildman–Crippen MR) is 108 cm³/mol. The summed E-state index contributed by atoms with van der Waals surface area (Å²) >= 11 is 0. The van der Waals surface area contributed by atoms with E-state index in [2.05, 4.69) is 10.0 Å². The first-order chi connectivity index (χ1) is 12.3. The largest absolute Gasteiger partial charge is 0.483 e. The van der Waals surface area contributed by atoms with Gasteiger partial charge in [0, 0.05) is 18.8 Å². The van der Waals surface area contributed by atoms with Crippen LogP contribution in [-0.2, 0) is 14.8 Å². The maximum atomic E-state index is 12.1. The number of anilines is 1. The zero-order valence-corrected chi connectivity index (χ0v) is 16.8. The first-order valence-corrected chi connectivity index (χ1v) is 9.60. The van der Waals surface area contributed by atoms with Crippen molar-refractivity contribution in [3.05, 3.63) is 53.6 Å². The van der Waals surface area contributed by atoms with Crippen LogP contribution in [0.5, 0.6) is 5.75 Å². The number of rotatable bonds is 8. The Balaban J connectivity index is 0.00000364. The molecule has 4 N–H and O–H groups in total. The number of hydrogen-bond donors (Lipinski definition) is 3. The van der Waals surface area contributed by atoms with Crippen molar-refractivity contribution in [3.63, 3.8) is 0 Å². The molecular weight excluding hydrogens is 390 g/mol. The summed E-state index contributed by atoms with van der Waals surface area (Å²) in [4.78, 5) is 12.2. The Bertz CT molecular complexity index is 888. The SMILES string of the molecule is Cc1ccc(C)c(OCC(=O)Nc2cccc(S(=O)(=O)NCCN)c2)c1.Cl. The fraction of sp³-hybridized carbons (Fsp3) is 0.278. The number of carbonyl (C=O) groups excluding carboxylic acids is 1. The van der Waals surface area contributed by atoms with Gasteiger partial charge in [-0.05, 0) is 49.2 Å². The lowest BCUT2D eigenvalue weighted by Crippen LogP contribution is -2.29. The first-order valence-electron chi connectivity index (χ1n) is 8.11. The lowest BCUT2D eigenvalue weighted by molar-refractivity contribution is -0.118. The number of halogens is 1. The molecular formula is C18H24ClN3O4S. The zero-order chi connectivity index (χ0) is 19.2. The average Bonchev–Trinajstić information content (AvgIpc) is 2.61. The highest BCUT2D eigenvalue weighted by Gasteiger charge is 2.14. The van der Waals surface area contributed by atoms with Crippen molar-refractivity contribution in [2.24, 2.45) is 5.73 Å². The molecule has 0 aromatic heterocycles. The fourth-order valence-corrected chi connectivity index (χ4v) is 3.31. The number of nitrogens with one attached hydrogen (secondary N) is 2. The van der Waals surface area contributed by atoms with Gasteiger partial charge in [-0.2, -0.15) is 0 Å². The van der Waals surface area contributed by atoms with Gasteiger partial charge in [-0.15, -0.1) is 12.4 Å². The summed E-state index contributed by atoms with van der Waals surface area (Å²) in [5.74, 6) is 0.262. The topological polar surface area (TPSA) is 111 Å². The van der Waals surface area contributed by atoms with Crippen molar-refractivity contribution in [2.45, 2.75) is 18.7 Å². The Morgan fingerprint density at radius 2 is 1.89 bits per heavy atom. The molecule has 0 aliphatic heterocycles. The fourth-order valence-electron chi connectivity index (χ4n) is 2.22. The van der Waals surface area contributed by atoms with Crippen LogP contribution in [0, 0.1) is 13.8 Å². The second-order valence-corrected chi connectivity index (χ2v) is 7.59. The highest BCUT2D eigenvalue weighted by Crippen LogP contribution is 2.19. The van der Waals surface area contributed by atoms with E-state index in [9.17, 15) is 13.2 Å². The Hall–Kier alpha value is -2.13. The van der Waals surface area contributed by atoms with E-state index < -0.39 is 10.0 Å². The third-order valence-electron chi connectivity index (χ3n) is 3.57. The third-order valence-corrected chi connectivity index (χ3v) is 5.03. The number of benzene rings is 2. The summed E-state index contributed by atoms with van der Waals surface area (Å²) in [6.07, 6.45) is 0. The standard InChI is InChI=1S/C18H23N3O4S.ClH/c1-13-6-7-14(2)17(10-13)25-12-18(22)21-15-4-3-5-16(11-15)26(23,24)20-9-8-19;/h3-7,10-11,20H,8-9,12,19H2,1-2H3,(H,21,22);1H. The van der Waals surface area contributed by atoms with Gasteiger partial charge in [0.15, 0.2) is 6.61 Å². The van der Waals surface area contributed by atoms with E-state index in [1.54, 1.807) is 12.1 Å². The van der Waals surface area contributed by atoms with Crippen LogP contribution in [0.1, 0.15) is 11.1 Å². The van der Waals surface area contributed by atoms with Crippen LogP contribution in [0.3, 0.4) is 0 Å². The molecule has 0 bridgehead atoms. The van der Waals surface area contributed by atoms with Crippen LogP contribution in [-0.4, -0.2) is 34.0 Å². The molecule has 0 radical (unpaired) electrons. The number of carbonyl (C=O) groups is 1. The highest BCUT2D eigenvalue weighted by molar-refractivity contribution is 7.89. The minimum absolute atomic E-state index is 0. The van der Waals surface area contributed by atoms with Crippen molar-refractivity contribution >= 4 is 34.0 Å². The van der Waals surface area contributed by atoms with E-state index in [4.69, 9.17) is 10.5 Å². The van der Waals surface area contributed by atoms with Crippen molar-refractivity contribution in [1.29, 1.82) is 0 Å². The molecule has 0 fully saturated rings. The van der Waals surface area contributed by atoms with Crippen LogP contribution in [0.2, 0.25) is 0 Å². The first kappa shape index (κ1) is 22.9. The van der Waals surface area contributed by atoms with Gasteiger partial charge >= 0.3 is 0 Å². The lowest BCUT2D eigenvalue weighted by Gasteiger charge is -2.11. The molecule has 2 aromatic rings.